The van der Waals surface area contributed by atoms with Gasteiger partial charge in [-0.15, -0.1) is 11.3 Å². The van der Waals surface area contributed by atoms with Crippen LogP contribution in [0.15, 0.2) is 34.5 Å². The molecule has 1 fully saturated rings. The molecule has 1 amide bonds. The summed E-state index contributed by atoms with van der Waals surface area (Å²) in [5.74, 6) is -0.146. The lowest BCUT2D eigenvalue weighted by Crippen LogP contribution is -2.31. The van der Waals surface area contributed by atoms with Crippen LogP contribution in [0.5, 0.6) is 5.75 Å². The number of nitrogens with zero attached hydrogens (tertiary/aromatic N) is 1. The predicted octanol–water partition coefficient (Wildman–Crippen LogP) is 2.38. The van der Waals surface area contributed by atoms with Crippen LogP contribution in [0, 0.1) is 0 Å². The lowest BCUT2D eigenvalue weighted by molar-refractivity contribution is 0.0796. The van der Waals surface area contributed by atoms with Gasteiger partial charge in [-0.05, 0) is 24.6 Å². The first-order chi connectivity index (χ1) is 12.3. The van der Waals surface area contributed by atoms with E-state index in [0.29, 0.717) is 18.1 Å². The maximum Gasteiger partial charge on any atom is 0.264 e. The van der Waals surface area contributed by atoms with Crippen molar-refractivity contribution in [1.82, 2.24) is 4.90 Å². The van der Waals surface area contributed by atoms with Gasteiger partial charge in [0.15, 0.2) is 9.96 Å². The summed E-state index contributed by atoms with van der Waals surface area (Å²) in [4.78, 5) is 14.7. The molecule has 2 aromatic rings. The minimum absolute atomic E-state index is 0.0913. The number of carbonyl (C=O) groups is 1. The number of ether oxygens (including phenoxy) is 1. The van der Waals surface area contributed by atoms with E-state index in [2.05, 4.69) is 5.32 Å². The smallest absolute Gasteiger partial charge is 0.264 e. The van der Waals surface area contributed by atoms with Crippen molar-refractivity contribution < 1.29 is 17.9 Å². The van der Waals surface area contributed by atoms with Crippen LogP contribution in [0.3, 0.4) is 0 Å². The molecule has 0 radical (unpaired) electrons. The third-order valence-corrected chi connectivity index (χ3v) is 6.83. The number of hydrogen-bond acceptors (Lipinski definition) is 6. The molecule has 1 unspecified atom stereocenters. The monoisotopic (exact) mass is 415 g/mol. The van der Waals surface area contributed by atoms with Crippen molar-refractivity contribution >= 4 is 44.6 Å². The Kier molecular flexibility index (Phi) is 5.42. The fourth-order valence-corrected chi connectivity index (χ4v) is 5.01. The van der Waals surface area contributed by atoms with Crippen LogP contribution >= 0.6 is 22.9 Å². The second-order valence-electron chi connectivity index (χ2n) is 5.90. The molecular formula is C16H18ClN3O4S2. The highest BCUT2D eigenvalue weighted by molar-refractivity contribution is 7.91. The van der Waals surface area contributed by atoms with Crippen LogP contribution in [0.4, 0.5) is 5.69 Å². The number of anilines is 1. The number of rotatable bonds is 5. The summed E-state index contributed by atoms with van der Waals surface area (Å²) in [7, 11) is -2.60. The molecule has 0 aliphatic carbocycles. The quantitative estimate of drug-likeness (QED) is 0.780. The van der Waals surface area contributed by atoms with E-state index in [0.717, 1.165) is 23.4 Å². The van der Waals surface area contributed by atoms with Crippen LogP contribution in [0.2, 0.25) is 5.02 Å². The average molecular weight is 416 g/mol. The number of nitrogens with one attached hydrogen (secondary N) is 1. The Balaban J connectivity index is 1.71. The minimum Gasteiger partial charge on any atom is -0.494 e. The molecule has 1 saturated heterocycles. The Morgan fingerprint density at radius 2 is 2.19 bits per heavy atom. The van der Waals surface area contributed by atoms with E-state index in [1.165, 1.54) is 13.2 Å². The minimum atomic E-state index is -3.94. The van der Waals surface area contributed by atoms with E-state index < -0.39 is 10.0 Å². The highest BCUT2D eigenvalue weighted by atomic mass is 35.5. The van der Waals surface area contributed by atoms with Gasteiger partial charge in [-0.2, -0.15) is 0 Å². The lowest BCUT2D eigenvalue weighted by Gasteiger charge is -2.17. The zero-order valence-electron chi connectivity index (χ0n) is 13.9. The van der Waals surface area contributed by atoms with Crippen molar-refractivity contribution in [2.75, 3.05) is 25.5 Å². The Labute approximate surface area is 160 Å². The Morgan fingerprint density at radius 1 is 1.42 bits per heavy atom. The molecule has 10 heteroatoms. The number of carbonyl (C=O) groups excluding carboxylic acids is 1. The number of nitrogens with two attached hydrogens (primary N) is 1. The first-order valence-corrected chi connectivity index (χ1v) is 10.5. The van der Waals surface area contributed by atoms with Crippen molar-refractivity contribution in [2.45, 2.75) is 16.7 Å². The SMILES string of the molecule is COc1cc(C(=O)N2CCC(Nc3cccc(Cl)c3)C2)sc1S(N)(=O)=O. The number of likely N-dealkylation sites (tertiary alicyclic amines) is 1. The van der Waals surface area contributed by atoms with Gasteiger partial charge >= 0.3 is 0 Å². The number of sulfonamides is 1. The van der Waals surface area contributed by atoms with Crippen molar-refractivity contribution in [3.63, 3.8) is 0 Å². The van der Waals surface area contributed by atoms with E-state index in [4.69, 9.17) is 21.5 Å². The molecule has 1 atom stereocenters. The number of methoxy groups -OCH3 is 1. The second kappa shape index (κ2) is 7.43. The van der Waals surface area contributed by atoms with Gasteiger partial charge in [0.1, 0.15) is 0 Å². The topological polar surface area (TPSA) is 102 Å². The molecule has 2 heterocycles. The fraction of sp³-hybridized carbons (Fsp3) is 0.312. The first kappa shape index (κ1) is 19.0. The molecule has 3 N–H and O–H groups in total. The van der Waals surface area contributed by atoms with Crippen LogP contribution in [-0.2, 0) is 10.0 Å². The molecule has 1 aliphatic heterocycles. The number of amides is 1. The Morgan fingerprint density at radius 3 is 2.81 bits per heavy atom. The molecule has 26 heavy (non-hydrogen) atoms. The number of halogens is 1. The third kappa shape index (κ3) is 4.12. The van der Waals surface area contributed by atoms with E-state index in [1.807, 2.05) is 18.2 Å². The van der Waals surface area contributed by atoms with Gasteiger partial charge < -0.3 is 15.0 Å². The van der Waals surface area contributed by atoms with Crippen molar-refractivity contribution in [1.29, 1.82) is 0 Å². The molecule has 1 aliphatic rings. The van der Waals surface area contributed by atoms with Gasteiger partial charge in [0.25, 0.3) is 15.9 Å². The molecule has 140 valence electrons. The molecule has 1 aromatic carbocycles. The summed E-state index contributed by atoms with van der Waals surface area (Å²) in [5.41, 5.74) is 0.895. The molecule has 0 bridgehead atoms. The van der Waals surface area contributed by atoms with E-state index in [1.54, 1.807) is 11.0 Å². The normalized spacial score (nSPS) is 17.3. The summed E-state index contributed by atoms with van der Waals surface area (Å²) in [6.45, 7) is 1.08. The summed E-state index contributed by atoms with van der Waals surface area (Å²) in [6.07, 6.45) is 0.781. The standard InChI is InChI=1S/C16H18ClN3O4S2/c1-24-13-8-14(25-16(13)26(18,22)23)15(21)20-6-5-12(9-20)19-11-4-2-3-10(17)7-11/h2-4,7-8,12,19H,5-6,9H2,1H3,(H2,18,22,23). The van der Waals surface area contributed by atoms with Gasteiger partial charge in [0, 0.05) is 35.9 Å². The van der Waals surface area contributed by atoms with Crippen LogP contribution < -0.4 is 15.2 Å². The van der Waals surface area contributed by atoms with Gasteiger partial charge in [0.05, 0.1) is 12.0 Å². The molecule has 0 spiro atoms. The molecule has 7 nitrogen and oxygen atoms in total. The molecule has 1 aromatic heterocycles. The largest absolute Gasteiger partial charge is 0.494 e. The van der Waals surface area contributed by atoms with E-state index >= 15 is 0 Å². The van der Waals surface area contributed by atoms with E-state index in [9.17, 15) is 13.2 Å². The summed E-state index contributed by atoms with van der Waals surface area (Å²) < 4.78 is 28.1. The zero-order chi connectivity index (χ0) is 18.9. The maximum atomic E-state index is 12.7. The van der Waals surface area contributed by atoms with Gasteiger partial charge in [-0.3, -0.25) is 4.79 Å². The molecular weight excluding hydrogens is 398 g/mol. The summed E-state index contributed by atoms with van der Waals surface area (Å²) >= 11 is 6.81. The van der Waals surface area contributed by atoms with Gasteiger partial charge in [-0.1, -0.05) is 17.7 Å². The van der Waals surface area contributed by atoms with Gasteiger partial charge in [0.2, 0.25) is 0 Å². The third-order valence-electron chi connectivity index (χ3n) is 4.03. The Hall–Kier alpha value is -1.81. The van der Waals surface area contributed by atoms with Crippen molar-refractivity contribution in [2.24, 2.45) is 5.14 Å². The number of primary sulfonamides is 1. The van der Waals surface area contributed by atoms with E-state index in [-0.39, 0.29) is 26.8 Å². The zero-order valence-corrected chi connectivity index (χ0v) is 16.3. The van der Waals surface area contributed by atoms with Gasteiger partial charge in [-0.25, -0.2) is 13.6 Å². The molecule has 0 saturated carbocycles. The van der Waals surface area contributed by atoms with Crippen molar-refractivity contribution in [3.8, 4) is 5.75 Å². The van der Waals surface area contributed by atoms with Crippen LogP contribution in [0.1, 0.15) is 16.1 Å². The van der Waals surface area contributed by atoms with Crippen LogP contribution in [0.25, 0.3) is 0 Å². The predicted molar refractivity (Wildman–Crippen MR) is 102 cm³/mol. The first-order valence-electron chi connectivity index (χ1n) is 7.80. The number of thiophene rings is 1. The lowest BCUT2D eigenvalue weighted by atomic mass is 10.2. The highest BCUT2D eigenvalue weighted by Crippen LogP contribution is 2.34. The molecule has 3 rings (SSSR count). The van der Waals surface area contributed by atoms with Crippen LogP contribution in [-0.4, -0.2) is 45.5 Å². The fourth-order valence-electron chi connectivity index (χ4n) is 2.84. The summed E-state index contributed by atoms with van der Waals surface area (Å²) in [6, 6.07) is 8.91. The van der Waals surface area contributed by atoms with Crippen molar-refractivity contribution in [3.05, 3.63) is 40.2 Å². The Bertz CT molecular complexity index is 929. The average Bonchev–Trinajstić information content (AvgIpc) is 3.20. The summed E-state index contributed by atoms with van der Waals surface area (Å²) in [5, 5.41) is 9.17. The number of benzene rings is 1. The second-order valence-corrected chi connectivity index (χ2v) is 9.15. The highest BCUT2D eigenvalue weighted by Gasteiger charge is 2.30. The number of hydrogen-bond donors (Lipinski definition) is 2. The maximum absolute atomic E-state index is 12.7.